The van der Waals surface area contributed by atoms with Crippen molar-refractivity contribution in [2.45, 2.75) is 11.3 Å². The van der Waals surface area contributed by atoms with Crippen LogP contribution >= 0.6 is 0 Å². The molecule has 0 atom stereocenters. The van der Waals surface area contributed by atoms with Crippen molar-refractivity contribution in [1.29, 1.82) is 0 Å². The molecule has 1 saturated heterocycles. The number of piperazine rings is 1. The topological polar surface area (TPSA) is 98.7 Å². The molecule has 0 saturated carbocycles. The van der Waals surface area contributed by atoms with Crippen LogP contribution in [0.15, 0.2) is 41.6 Å². The summed E-state index contributed by atoms with van der Waals surface area (Å²) < 4.78 is 39.7. The number of carbonyl (C=O) groups is 1. The van der Waals surface area contributed by atoms with Gasteiger partial charge in [0, 0.05) is 51.7 Å². The molecule has 1 aromatic carbocycles. The van der Waals surface area contributed by atoms with Gasteiger partial charge in [-0.2, -0.15) is 0 Å². The fourth-order valence-corrected chi connectivity index (χ4v) is 5.03. The quantitative estimate of drug-likeness (QED) is 0.780. The molecular weight excluding hydrogens is 399 g/mol. The summed E-state index contributed by atoms with van der Waals surface area (Å²) >= 11 is 0. The van der Waals surface area contributed by atoms with Gasteiger partial charge < -0.3 is 10.2 Å². The Morgan fingerprint density at radius 2 is 1.79 bits per heavy atom. The van der Waals surface area contributed by atoms with Gasteiger partial charge in [-0.25, -0.2) is 31.9 Å². The molecule has 0 unspecified atom stereocenters. The highest BCUT2D eigenvalue weighted by Crippen LogP contribution is 2.30. The lowest BCUT2D eigenvalue weighted by Gasteiger charge is -2.35. The van der Waals surface area contributed by atoms with Gasteiger partial charge >= 0.3 is 6.03 Å². The van der Waals surface area contributed by atoms with Crippen molar-refractivity contribution in [2.75, 3.05) is 49.5 Å². The number of hydrogen-bond acceptors (Lipinski definition) is 7. The van der Waals surface area contributed by atoms with Crippen LogP contribution < -0.4 is 10.2 Å². The summed E-state index contributed by atoms with van der Waals surface area (Å²) in [5, 5.41) is 2.51. The number of rotatable bonds is 5. The third-order valence-electron chi connectivity index (χ3n) is 5.02. The molecule has 1 N–H and O–H groups in total. The number of nitrogens with one attached hydrogen (secondary N) is 1. The summed E-state index contributed by atoms with van der Waals surface area (Å²) in [6, 6.07) is 4.37. The summed E-state index contributed by atoms with van der Waals surface area (Å²) in [7, 11) is -4.06. The van der Waals surface area contributed by atoms with E-state index in [1.807, 2.05) is 0 Å². The monoisotopic (exact) mass is 420 g/mol. The Hall–Kier alpha value is -2.79. The Kier molecular flexibility index (Phi) is 5.33. The molecule has 29 heavy (non-hydrogen) atoms. The zero-order valence-electron chi connectivity index (χ0n) is 15.7. The van der Waals surface area contributed by atoms with Gasteiger partial charge in [0.15, 0.2) is 0 Å². The lowest BCUT2D eigenvalue weighted by Crippen LogP contribution is -2.48. The molecule has 4 rings (SSSR count). The Bertz CT molecular complexity index is 996. The van der Waals surface area contributed by atoms with Crippen LogP contribution in [0.5, 0.6) is 0 Å². The van der Waals surface area contributed by atoms with Crippen molar-refractivity contribution >= 4 is 27.7 Å². The average Bonchev–Trinajstić information content (AvgIpc) is 2.72. The predicted molar refractivity (Wildman–Crippen MR) is 105 cm³/mol. The van der Waals surface area contributed by atoms with Crippen LogP contribution in [0.4, 0.5) is 20.8 Å². The Morgan fingerprint density at radius 1 is 1.07 bits per heavy atom. The van der Waals surface area contributed by atoms with Crippen LogP contribution in [0.2, 0.25) is 0 Å². The summed E-state index contributed by atoms with van der Waals surface area (Å²) in [6.45, 7) is 3.83. The largest absolute Gasteiger partial charge is 0.338 e. The lowest BCUT2D eigenvalue weighted by molar-refractivity contribution is 0.225. The number of anilines is 2. The Balaban J connectivity index is 1.32. The first-order valence-corrected chi connectivity index (χ1v) is 10.8. The summed E-state index contributed by atoms with van der Waals surface area (Å²) in [5.41, 5.74) is 0.104. The highest BCUT2D eigenvalue weighted by Gasteiger charge is 2.36. The third kappa shape index (κ3) is 4.01. The van der Waals surface area contributed by atoms with Gasteiger partial charge in [-0.1, -0.05) is 0 Å². The molecule has 0 bridgehead atoms. The number of benzene rings is 1. The fraction of sp³-hybridized carbons (Fsp3) is 0.389. The van der Waals surface area contributed by atoms with Crippen molar-refractivity contribution in [2.24, 2.45) is 0 Å². The SMILES string of the molecule is O=C1Nc2ccc(F)cc2S(=O)(=O)N1CCCN1CCN(c2ncccn2)CC1. The molecule has 1 fully saturated rings. The molecular formula is C18H21FN6O3S. The third-order valence-corrected chi connectivity index (χ3v) is 6.84. The molecule has 2 amide bonds. The first kappa shape index (κ1) is 19.5. The van der Waals surface area contributed by atoms with Crippen LogP contribution in [0.1, 0.15) is 6.42 Å². The second kappa shape index (κ2) is 7.91. The second-order valence-corrected chi connectivity index (χ2v) is 8.71. The average molecular weight is 420 g/mol. The Labute approximate surface area is 168 Å². The van der Waals surface area contributed by atoms with E-state index in [1.165, 1.54) is 6.07 Å². The molecule has 0 aliphatic carbocycles. The maximum absolute atomic E-state index is 13.5. The molecule has 1 aromatic heterocycles. The minimum atomic E-state index is -4.06. The van der Waals surface area contributed by atoms with Gasteiger partial charge in [0.1, 0.15) is 10.7 Å². The molecule has 2 aliphatic rings. The number of sulfonamides is 1. The number of fused-ring (bicyclic) bond motifs is 1. The van der Waals surface area contributed by atoms with Crippen LogP contribution in [-0.2, 0) is 10.0 Å². The molecule has 154 valence electrons. The van der Waals surface area contributed by atoms with E-state index in [1.54, 1.807) is 18.5 Å². The van der Waals surface area contributed by atoms with Crippen LogP contribution in [0.25, 0.3) is 0 Å². The van der Waals surface area contributed by atoms with E-state index >= 15 is 0 Å². The number of aromatic nitrogens is 2. The molecule has 2 aromatic rings. The summed E-state index contributed by atoms with van der Waals surface area (Å²) in [4.78, 5) is 24.8. The molecule has 0 spiro atoms. The van der Waals surface area contributed by atoms with E-state index in [0.717, 1.165) is 42.6 Å². The van der Waals surface area contributed by atoms with Gasteiger partial charge in [-0.3, -0.25) is 4.90 Å². The van der Waals surface area contributed by atoms with Crippen molar-refractivity contribution in [3.05, 3.63) is 42.5 Å². The standard InChI is InChI=1S/C18H21FN6O3S/c19-14-3-4-15-16(13-14)29(27,28)25(18(26)22-15)8-2-7-23-9-11-24(12-10-23)17-20-5-1-6-21-17/h1,3-6,13H,2,7-12H2,(H,22,26). The number of halogens is 1. The normalized spacial score (nSPS) is 19.0. The second-order valence-electron chi connectivity index (χ2n) is 6.88. The summed E-state index contributed by atoms with van der Waals surface area (Å²) in [6.07, 6.45) is 3.91. The van der Waals surface area contributed by atoms with Gasteiger partial charge in [-0.15, -0.1) is 0 Å². The number of carbonyl (C=O) groups excluding carboxylic acids is 1. The molecule has 9 nitrogen and oxygen atoms in total. The van der Waals surface area contributed by atoms with Crippen LogP contribution in [-0.4, -0.2) is 72.9 Å². The van der Waals surface area contributed by atoms with E-state index in [-0.39, 0.29) is 17.1 Å². The zero-order valence-corrected chi connectivity index (χ0v) is 16.5. The minimum absolute atomic E-state index is 0.0339. The van der Waals surface area contributed by atoms with Crippen molar-refractivity contribution in [3.63, 3.8) is 0 Å². The van der Waals surface area contributed by atoms with E-state index in [2.05, 4.69) is 25.1 Å². The van der Waals surface area contributed by atoms with Crippen LogP contribution in [0, 0.1) is 5.82 Å². The van der Waals surface area contributed by atoms with Crippen molar-refractivity contribution in [3.8, 4) is 0 Å². The number of hydrogen-bond donors (Lipinski definition) is 1. The molecule has 0 radical (unpaired) electrons. The predicted octanol–water partition coefficient (Wildman–Crippen LogP) is 1.36. The van der Waals surface area contributed by atoms with Gasteiger partial charge in [0.2, 0.25) is 5.95 Å². The van der Waals surface area contributed by atoms with Crippen molar-refractivity contribution in [1.82, 2.24) is 19.2 Å². The summed E-state index contributed by atoms with van der Waals surface area (Å²) in [5.74, 6) is 0.0396. The van der Waals surface area contributed by atoms with Gasteiger partial charge in [-0.05, 0) is 30.7 Å². The van der Waals surface area contributed by atoms with Crippen LogP contribution in [0.3, 0.4) is 0 Å². The molecule has 3 heterocycles. The van der Waals surface area contributed by atoms with Gasteiger partial charge in [0.25, 0.3) is 10.0 Å². The molecule has 2 aliphatic heterocycles. The Morgan fingerprint density at radius 3 is 2.52 bits per heavy atom. The highest BCUT2D eigenvalue weighted by atomic mass is 32.2. The van der Waals surface area contributed by atoms with E-state index in [4.69, 9.17) is 0 Å². The number of nitrogens with zero attached hydrogens (tertiary/aromatic N) is 5. The maximum atomic E-state index is 13.5. The van der Waals surface area contributed by atoms with Gasteiger partial charge in [0.05, 0.1) is 5.69 Å². The smallest absolute Gasteiger partial charge is 0.335 e. The maximum Gasteiger partial charge on any atom is 0.335 e. The first-order valence-electron chi connectivity index (χ1n) is 9.33. The lowest BCUT2D eigenvalue weighted by atomic mass is 10.3. The molecule has 11 heteroatoms. The van der Waals surface area contributed by atoms with E-state index in [0.29, 0.717) is 18.9 Å². The minimum Gasteiger partial charge on any atom is -0.338 e. The van der Waals surface area contributed by atoms with Crippen molar-refractivity contribution < 1.29 is 17.6 Å². The zero-order chi connectivity index (χ0) is 20.4. The number of urea groups is 1. The van der Waals surface area contributed by atoms with E-state index < -0.39 is 21.9 Å². The van der Waals surface area contributed by atoms with E-state index in [9.17, 15) is 17.6 Å². The highest BCUT2D eigenvalue weighted by molar-refractivity contribution is 7.90. The first-order chi connectivity index (χ1) is 13.9. The number of amides is 2. The fourth-order valence-electron chi connectivity index (χ4n) is 3.50.